The maximum absolute atomic E-state index is 13.2. The number of nitrogens with zero attached hydrogens (tertiary/aromatic N) is 1. The normalized spacial score (nSPS) is 11.5. The summed E-state index contributed by atoms with van der Waals surface area (Å²) in [6.45, 7) is 3.96. The molecule has 0 fully saturated rings. The predicted molar refractivity (Wildman–Crippen MR) is 53.6 cm³/mol. The highest BCUT2D eigenvalue weighted by atomic mass is 32.1. The van der Waals surface area contributed by atoms with Gasteiger partial charge in [0.25, 0.3) is 0 Å². The molecule has 0 aliphatic heterocycles. The number of hydrogen-bond donors (Lipinski definition) is 0. The molecular formula is C10H9F2NS. The van der Waals surface area contributed by atoms with E-state index in [1.807, 2.05) is 13.8 Å². The average molecular weight is 213 g/mol. The molecule has 4 heteroatoms. The van der Waals surface area contributed by atoms with Crippen molar-refractivity contribution in [2.45, 2.75) is 19.8 Å². The lowest BCUT2D eigenvalue weighted by Gasteiger charge is -1.94. The molecule has 0 aliphatic carbocycles. The first-order valence-corrected chi connectivity index (χ1v) is 5.15. The number of fused-ring (bicyclic) bond motifs is 1. The summed E-state index contributed by atoms with van der Waals surface area (Å²) in [6, 6.07) is 2.19. The maximum Gasteiger partial charge on any atom is 0.153 e. The fourth-order valence-corrected chi connectivity index (χ4v) is 2.23. The Bertz CT molecular complexity index is 476. The van der Waals surface area contributed by atoms with Crippen LogP contribution in [0.1, 0.15) is 24.8 Å². The smallest absolute Gasteiger partial charge is 0.153 e. The van der Waals surface area contributed by atoms with Gasteiger partial charge in [0, 0.05) is 12.0 Å². The number of halogens is 2. The highest BCUT2D eigenvalue weighted by molar-refractivity contribution is 7.18. The standard InChI is InChI=1S/C10H9F2NS/c1-5(2)10-13-9-7(12)3-6(11)4-8(9)14-10/h3-5H,1-2H3. The molecule has 1 aromatic heterocycles. The lowest BCUT2D eigenvalue weighted by molar-refractivity contribution is 0.591. The summed E-state index contributed by atoms with van der Waals surface area (Å²) in [7, 11) is 0. The molecule has 0 unspecified atom stereocenters. The van der Waals surface area contributed by atoms with E-state index in [0.29, 0.717) is 4.70 Å². The quantitative estimate of drug-likeness (QED) is 0.703. The van der Waals surface area contributed by atoms with E-state index in [-0.39, 0.29) is 11.4 Å². The van der Waals surface area contributed by atoms with Gasteiger partial charge in [-0.1, -0.05) is 13.8 Å². The molecule has 0 N–H and O–H groups in total. The van der Waals surface area contributed by atoms with Crippen molar-refractivity contribution >= 4 is 21.6 Å². The van der Waals surface area contributed by atoms with Crippen molar-refractivity contribution in [3.05, 3.63) is 28.8 Å². The fraction of sp³-hybridized carbons (Fsp3) is 0.300. The van der Waals surface area contributed by atoms with Crippen molar-refractivity contribution in [3.63, 3.8) is 0 Å². The second-order valence-corrected chi connectivity index (χ2v) is 4.50. The number of rotatable bonds is 1. The van der Waals surface area contributed by atoms with Gasteiger partial charge < -0.3 is 0 Å². The van der Waals surface area contributed by atoms with Crippen molar-refractivity contribution < 1.29 is 8.78 Å². The summed E-state index contributed by atoms with van der Waals surface area (Å²) < 4.78 is 26.6. The summed E-state index contributed by atoms with van der Waals surface area (Å²) >= 11 is 1.34. The molecule has 0 aliphatic rings. The Hall–Kier alpha value is -1.03. The number of benzene rings is 1. The van der Waals surface area contributed by atoms with Crippen LogP contribution in [0.3, 0.4) is 0 Å². The van der Waals surface area contributed by atoms with Crippen molar-refractivity contribution in [1.29, 1.82) is 0 Å². The fourth-order valence-electron chi connectivity index (χ4n) is 1.22. The van der Waals surface area contributed by atoms with Gasteiger partial charge in [0.2, 0.25) is 0 Å². The summed E-state index contributed by atoms with van der Waals surface area (Å²) in [5.41, 5.74) is 0.278. The molecule has 0 radical (unpaired) electrons. The summed E-state index contributed by atoms with van der Waals surface area (Å²) in [5, 5.41) is 0.838. The van der Waals surface area contributed by atoms with Crippen LogP contribution >= 0.6 is 11.3 Å². The van der Waals surface area contributed by atoms with E-state index in [2.05, 4.69) is 4.98 Å². The molecule has 2 aromatic rings. The van der Waals surface area contributed by atoms with Crippen LogP contribution in [0.2, 0.25) is 0 Å². The second kappa shape index (κ2) is 3.28. The van der Waals surface area contributed by atoms with Crippen molar-refractivity contribution in [3.8, 4) is 0 Å². The molecule has 0 saturated carbocycles. The first kappa shape index (κ1) is 9.52. The van der Waals surface area contributed by atoms with E-state index in [9.17, 15) is 8.78 Å². The minimum absolute atomic E-state index is 0.245. The van der Waals surface area contributed by atoms with Gasteiger partial charge in [-0.3, -0.25) is 0 Å². The molecule has 0 saturated heterocycles. The van der Waals surface area contributed by atoms with E-state index in [0.717, 1.165) is 11.1 Å². The van der Waals surface area contributed by atoms with E-state index < -0.39 is 11.6 Å². The Kier molecular flexibility index (Phi) is 2.23. The summed E-state index contributed by atoms with van der Waals surface area (Å²) in [6.07, 6.45) is 0. The van der Waals surface area contributed by atoms with Crippen LogP contribution < -0.4 is 0 Å². The first-order valence-electron chi connectivity index (χ1n) is 4.33. The van der Waals surface area contributed by atoms with E-state index in [1.54, 1.807) is 0 Å². The Morgan fingerprint density at radius 1 is 1.29 bits per heavy atom. The maximum atomic E-state index is 13.2. The Balaban J connectivity index is 2.70. The highest BCUT2D eigenvalue weighted by Crippen LogP contribution is 2.29. The monoisotopic (exact) mass is 213 g/mol. The van der Waals surface area contributed by atoms with Crippen molar-refractivity contribution in [2.75, 3.05) is 0 Å². The topological polar surface area (TPSA) is 12.9 Å². The van der Waals surface area contributed by atoms with Gasteiger partial charge in [-0.25, -0.2) is 13.8 Å². The lowest BCUT2D eigenvalue weighted by Crippen LogP contribution is -1.85. The molecule has 1 aromatic carbocycles. The molecule has 0 bridgehead atoms. The van der Waals surface area contributed by atoms with E-state index in [1.165, 1.54) is 17.4 Å². The van der Waals surface area contributed by atoms with Gasteiger partial charge in [-0.15, -0.1) is 11.3 Å². The van der Waals surface area contributed by atoms with Crippen LogP contribution in [0, 0.1) is 11.6 Å². The lowest BCUT2D eigenvalue weighted by atomic mass is 10.2. The second-order valence-electron chi connectivity index (χ2n) is 3.44. The van der Waals surface area contributed by atoms with Crippen LogP contribution in [0.15, 0.2) is 12.1 Å². The Labute approximate surface area is 84.4 Å². The van der Waals surface area contributed by atoms with Gasteiger partial charge in [-0.2, -0.15) is 0 Å². The van der Waals surface area contributed by atoms with E-state index >= 15 is 0 Å². The molecule has 0 spiro atoms. The van der Waals surface area contributed by atoms with E-state index in [4.69, 9.17) is 0 Å². The van der Waals surface area contributed by atoms with Crippen LogP contribution in [0.5, 0.6) is 0 Å². The Morgan fingerprint density at radius 2 is 2.00 bits per heavy atom. The third-order valence-electron chi connectivity index (χ3n) is 1.92. The predicted octanol–water partition coefficient (Wildman–Crippen LogP) is 3.70. The molecule has 0 amide bonds. The SMILES string of the molecule is CC(C)c1nc2c(F)cc(F)cc2s1. The molecule has 14 heavy (non-hydrogen) atoms. The number of aromatic nitrogens is 1. The van der Waals surface area contributed by atoms with Gasteiger partial charge >= 0.3 is 0 Å². The Morgan fingerprint density at radius 3 is 2.64 bits per heavy atom. The molecule has 1 heterocycles. The zero-order chi connectivity index (χ0) is 10.3. The summed E-state index contributed by atoms with van der Waals surface area (Å²) in [4.78, 5) is 4.13. The molecule has 2 rings (SSSR count). The minimum Gasteiger partial charge on any atom is -0.238 e. The minimum atomic E-state index is -0.580. The third-order valence-corrected chi connectivity index (χ3v) is 3.23. The van der Waals surface area contributed by atoms with Crippen LogP contribution in [0.4, 0.5) is 8.78 Å². The van der Waals surface area contributed by atoms with Crippen LogP contribution in [0.25, 0.3) is 10.2 Å². The van der Waals surface area contributed by atoms with Gasteiger partial charge in [0.15, 0.2) is 5.82 Å². The highest BCUT2D eigenvalue weighted by Gasteiger charge is 2.11. The first-order chi connectivity index (χ1) is 6.58. The molecule has 1 nitrogen and oxygen atoms in total. The van der Waals surface area contributed by atoms with Gasteiger partial charge in [-0.05, 0) is 6.07 Å². The van der Waals surface area contributed by atoms with Crippen LogP contribution in [-0.4, -0.2) is 4.98 Å². The molecular weight excluding hydrogens is 204 g/mol. The third kappa shape index (κ3) is 1.50. The van der Waals surface area contributed by atoms with Gasteiger partial charge in [0.05, 0.1) is 9.71 Å². The molecule has 74 valence electrons. The van der Waals surface area contributed by atoms with Crippen molar-refractivity contribution in [2.24, 2.45) is 0 Å². The van der Waals surface area contributed by atoms with Gasteiger partial charge in [0.1, 0.15) is 11.3 Å². The van der Waals surface area contributed by atoms with Crippen molar-refractivity contribution in [1.82, 2.24) is 4.98 Å². The number of hydrogen-bond acceptors (Lipinski definition) is 2. The number of thiazole rings is 1. The molecule has 0 atom stereocenters. The van der Waals surface area contributed by atoms with Crippen LogP contribution in [-0.2, 0) is 0 Å². The summed E-state index contributed by atoms with van der Waals surface area (Å²) in [5.74, 6) is -0.882. The largest absolute Gasteiger partial charge is 0.238 e. The zero-order valence-corrected chi connectivity index (χ0v) is 8.66. The average Bonchev–Trinajstić information content (AvgIpc) is 2.47. The zero-order valence-electron chi connectivity index (χ0n) is 7.84.